The summed E-state index contributed by atoms with van der Waals surface area (Å²) in [6, 6.07) is 0. The number of unbranched alkanes of at least 4 members (excludes halogenated alkanes) is 4. The average Bonchev–Trinajstić information content (AvgIpc) is 2.71. The highest BCUT2D eigenvalue weighted by molar-refractivity contribution is 6.02. The molecule has 1 aromatic carbocycles. The topological polar surface area (TPSA) is 80.3 Å². The molecule has 0 unspecified atom stereocenters. The molecule has 0 fully saturated rings. The van der Waals surface area contributed by atoms with Crippen molar-refractivity contribution in [2.75, 3.05) is 35.5 Å². The molecule has 0 amide bonds. The Bertz CT molecular complexity index is 667. The first-order chi connectivity index (χ1) is 13.5. The van der Waals surface area contributed by atoms with Crippen molar-refractivity contribution in [3.8, 4) is 23.0 Å². The largest absolute Gasteiger partial charge is 0.492 e. The number of methoxy groups -OCH3 is 5. The summed E-state index contributed by atoms with van der Waals surface area (Å²) < 4.78 is 26.4. The lowest BCUT2D eigenvalue weighted by atomic mass is 9.96. The van der Waals surface area contributed by atoms with E-state index < -0.39 is 0 Å². The molecule has 0 atom stereocenters. The Morgan fingerprint density at radius 2 is 1.11 bits per heavy atom. The molecular weight excluding hydrogens is 364 g/mol. The van der Waals surface area contributed by atoms with Gasteiger partial charge in [-0.05, 0) is 19.8 Å². The van der Waals surface area contributed by atoms with Gasteiger partial charge in [-0.25, -0.2) is 0 Å². The van der Waals surface area contributed by atoms with Gasteiger partial charge in [-0.3, -0.25) is 9.59 Å². The Morgan fingerprint density at radius 1 is 0.643 bits per heavy atom. The maximum Gasteiger partial charge on any atom is 0.305 e. The van der Waals surface area contributed by atoms with Gasteiger partial charge in [-0.2, -0.15) is 0 Å². The molecule has 0 aromatic heterocycles. The smallest absolute Gasteiger partial charge is 0.305 e. The summed E-state index contributed by atoms with van der Waals surface area (Å²) in [6.45, 7) is 1.81. The van der Waals surface area contributed by atoms with Gasteiger partial charge in [0.1, 0.15) is 0 Å². The standard InChI is InChI=1S/C21H32O7/c1-14-17(15(22)12-10-8-7-9-11-13-16(23)24-2)19(26-4)21(28-6)20(27-5)18(14)25-3/h7-13H2,1-6H3. The summed E-state index contributed by atoms with van der Waals surface area (Å²) in [6.07, 6.45) is 5.23. The summed E-state index contributed by atoms with van der Waals surface area (Å²) in [4.78, 5) is 24.0. The van der Waals surface area contributed by atoms with E-state index in [4.69, 9.17) is 18.9 Å². The normalized spacial score (nSPS) is 10.4. The number of Topliss-reactive ketones (excluding diaryl/α,β-unsaturated/α-hetero) is 1. The lowest BCUT2D eigenvalue weighted by molar-refractivity contribution is -0.140. The Kier molecular flexibility index (Phi) is 10.2. The van der Waals surface area contributed by atoms with Crippen LogP contribution >= 0.6 is 0 Å². The third kappa shape index (κ3) is 5.78. The molecule has 0 spiro atoms. The number of hydrogen-bond donors (Lipinski definition) is 0. The number of carbonyl (C=O) groups excluding carboxylic acids is 2. The molecule has 0 saturated carbocycles. The fourth-order valence-corrected chi connectivity index (χ4v) is 3.23. The molecule has 0 aliphatic carbocycles. The van der Waals surface area contributed by atoms with Gasteiger partial charge in [-0.15, -0.1) is 0 Å². The fourth-order valence-electron chi connectivity index (χ4n) is 3.23. The van der Waals surface area contributed by atoms with Crippen LogP contribution in [0.25, 0.3) is 0 Å². The van der Waals surface area contributed by atoms with Crippen LogP contribution in [-0.4, -0.2) is 47.3 Å². The van der Waals surface area contributed by atoms with E-state index in [1.807, 2.05) is 6.92 Å². The molecule has 0 saturated heterocycles. The van der Waals surface area contributed by atoms with Gasteiger partial charge in [0, 0.05) is 18.4 Å². The molecule has 1 rings (SSSR count). The number of carbonyl (C=O) groups is 2. The van der Waals surface area contributed by atoms with Crippen LogP contribution in [0.1, 0.15) is 60.9 Å². The number of rotatable bonds is 13. The Hall–Kier alpha value is -2.44. The third-order valence-corrected chi connectivity index (χ3v) is 4.67. The second-order valence-electron chi connectivity index (χ2n) is 6.40. The number of hydrogen-bond acceptors (Lipinski definition) is 7. The Morgan fingerprint density at radius 3 is 1.61 bits per heavy atom. The van der Waals surface area contributed by atoms with Gasteiger partial charge in [0.25, 0.3) is 0 Å². The Labute approximate surface area is 167 Å². The van der Waals surface area contributed by atoms with E-state index in [1.54, 1.807) is 0 Å². The van der Waals surface area contributed by atoms with Crippen molar-refractivity contribution in [1.82, 2.24) is 0 Å². The second kappa shape index (κ2) is 12.1. The molecule has 0 aliphatic rings. The molecular formula is C21H32O7. The van der Waals surface area contributed by atoms with Gasteiger partial charge < -0.3 is 23.7 Å². The molecule has 0 bridgehead atoms. The van der Waals surface area contributed by atoms with Crippen LogP contribution < -0.4 is 18.9 Å². The zero-order chi connectivity index (χ0) is 21.1. The minimum atomic E-state index is -0.180. The highest BCUT2D eigenvalue weighted by Crippen LogP contribution is 2.49. The first-order valence-electron chi connectivity index (χ1n) is 9.43. The van der Waals surface area contributed by atoms with Crippen molar-refractivity contribution in [3.05, 3.63) is 11.1 Å². The Balaban J connectivity index is 2.81. The van der Waals surface area contributed by atoms with Gasteiger partial charge in [0.15, 0.2) is 17.3 Å². The number of ketones is 1. The summed E-state index contributed by atoms with van der Waals surface area (Å²) in [5.74, 6) is 1.37. The van der Waals surface area contributed by atoms with Gasteiger partial charge in [0.05, 0.1) is 41.1 Å². The van der Waals surface area contributed by atoms with Crippen LogP contribution in [0, 0.1) is 6.92 Å². The summed E-state index contributed by atoms with van der Waals surface area (Å²) in [5, 5.41) is 0. The summed E-state index contributed by atoms with van der Waals surface area (Å²) in [5.41, 5.74) is 1.13. The zero-order valence-electron chi connectivity index (χ0n) is 17.8. The molecule has 7 nitrogen and oxygen atoms in total. The van der Waals surface area contributed by atoms with Crippen LogP contribution in [0.2, 0.25) is 0 Å². The minimum absolute atomic E-state index is 0.0248. The van der Waals surface area contributed by atoms with E-state index >= 15 is 0 Å². The molecule has 0 heterocycles. The summed E-state index contributed by atoms with van der Waals surface area (Å²) >= 11 is 0. The fraction of sp³-hybridized carbons (Fsp3) is 0.619. The maximum absolute atomic E-state index is 12.9. The van der Waals surface area contributed by atoms with E-state index in [0.717, 1.165) is 32.1 Å². The zero-order valence-corrected chi connectivity index (χ0v) is 17.8. The van der Waals surface area contributed by atoms with Crippen molar-refractivity contribution >= 4 is 11.8 Å². The lowest BCUT2D eigenvalue weighted by Gasteiger charge is -2.21. The molecule has 0 radical (unpaired) electrons. The summed E-state index contributed by atoms with van der Waals surface area (Å²) in [7, 11) is 7.44. The van der Waals surface area contributed by atoms with Crippen LogP contribution in [0.15, 0.2) is 0 Å². The molecule has 0 aliphatic heterocycles. The van der Waals surface area contributed by atoms with Gasteiger partial charge in [0.2, 0.25) is 11.5 Å². The molecule has 7 heteroatoms. The van der Waals surface area contributed by atoms with E-state index in [0.29, 0.717) is 47.0 Å². The minimum Gasteiger partial charge on any atom is -0.492 e. The van der Waals surface area contributed by atoms with E-state index in [2.05, 4.69) is 4.74 Å². The predicted octanol–water partition coefficient (Wildman–Crippen LogP) is 4.12. The van der Waals surface area contributed by atoms with Crippen LogP contribution in [0.3, 0.4) is 0 Å². The molecule has 0 N–H and O–H groups in total. The number of benzene rings is 1. The first kappa shape index (κ1) is 23.6. The lowest BCUT2D eigenvalue weighted by Crippen LogP contribution is -2.09. The van der Waals surface area contributed by atoms with Crippen LogP contribution in [0.5, 0.6) is 23.0 Å². The van der Waals surface area contributed by atoms with Crippen LogP contribution in [-0.2, 0) is 9.53 Å². The van der Waals surface area contributed by atoms with Gasteiger partial charge in [-0.1, -0.05) is 19.3 Å². The third-order valence-electron chi connectivity index (χ3n) is 4.67. The van der Waals surface area contributed by atoms with Gasteiger partial charge >= 0.3 is 5.97 Å². The molecule has 158 valence electrons. The molecule has 28 heavy (non-hydrogen) atoms. The number of esters is 1. The van der Waals surface area contributed by atoms with Crippen molar-refractivity contribution in [2.45, 2.75) is 51.9 Å². The second-order valence-corrected chi connectivity index (χ2v) is 6.40. The monoisotopic (exact) mass is 396 g/mol. The van der Waals surface area contributed by atoms with Crippen molar-refractivity contribution in [3.63, 3.8) is 0 Å². The first-order valence-corrected chi connectivity index (χ1v) is 9.43. The highest BCUT2D eigenvalue weighted by Gasteiger charge is 2.28. The van der Waals surface area contributed by atoms with E-state index in [9.17, 15) is 9.59 Å². The maximum atomic E-state index is 12.9. The average molecular weight is 396 g/mol. The quantitative estimate of drug-likeness (QED) is 0.282. The van der Waals surface area contributed by atoms with E-state index in [1.165, 1.54) is 35.5 Å². The number of ether oxygens (including phenoxy) is 5. The molecule has 1 aromatic rings. The van der Waals surface area contributed by atoms with Crippen molar-refractivity contribution < 1.29 is 33.3 Å². The van der Waals surface area contributed by atoms with E-state index in [-0.39, 0.29) is 11.8 Å². The highest BCUT2D eigenvalue weighted by atomic mass is 16.5. The SMILES string of the molecule is COC(=O)CCCCCCCC(=O)c1c(C)c(OC)c(OC)c(OC)c1OC. The predicted molar refractivity (Wildman–Crippen MR) is 106 cm³/mol. The van der Waals surface area contributed by atoms with Crippen molar-refractivity contribution in [1.29, 1.82) is 0 Å². The van der Waals surface area contributed by atoms with Crippen molar-refractivity contribution in [2.24, 2.45) is 0 Å². The van der Waals surface area contributed by atoms with Crippen LogP contribution in [0.4, 0.5) is 0 Å².